The molecule has 0 aliphatic heterocycles. The largest absolute Gasteiger partial charge is 0.355 e. The van der Waals surface area contributed by atoms with Gasteiger partial charge in [0, 0.05) is 28.0 Å². The van der Waals surface area contributed by atoms with Crippen molar-refractivity contribution in [1.82, 2.24) is 4.98 Å². The number of nitrogens with one attached hydrogen (secondary N) is 1. The topological polar surface area (TPSA) is 24.9 Å². The van der Waals surface area contributed by atoms with Gasteiger partial charge in [-0.2, -0.15) is 0 Å². The van der Waals surface area contributed by atoms with Crippen LogP contribution in [0, 0.1) is 5.82 Å². The third-order valence-electron chi connectivity index (χ3n) is 2.83. The summed E-state index contributed by atoms with van der Waals surface area (Å²) in [5.74, 6) is -0.253. The maximum Gasteiger partial charge on any atom is 0.123 e. The first-order valence-electron chi connectivity index (χ1n) is 5.79. The minimum atomic E-state index is -0.253. The Kier molecular flexibility index (Phi) is 3.05. The van der Waals surface area contributed by atoms with Crippen molar-refractivity contribution < 1.29 is 4.39 Å². The summed E-state index contributed by atoms with van der Waals surface area (Å²) in [7, 11) is 0. The average Bonchev–Trinajstić information content (AvgIpc) is 2.41. The Labute approximate surface area is 114 Å². The van der Waals surface area contributed by atoms with E-state index in [1.54, 1.807) is 18.3 Å². The Morgan fingerprint density at radius 1 is 1.00 bits per heavy atom. The normalized spacial score (nSPS) is 10.6. The summed E-state index contributed by atoms with van der Waals surface area (Å²) < 4.78 is 12.9. The average molecular weight is 273 g/mol. The van der Waals surface area contributed by atoms with Crippen molar-refractivity contribution in [1.29, 1.82) is 0 Å². The van der Waals surface area contributed by atoms with Gasteiger partial charge in [0.05, 0.1) is 5.52 Å². The molecule has 0 aliphatic rings. The highest BCUT2D eigenvalue weighted by atomic mass is 35.5. The number of anilines is 2. The predicted octanol–water partition coefficient (Wildman–Crippen LogP) is 4.77. The van der Waals surface area contributed by atoms with E-state index in [1.807, 2.05) is 24.3 Å². The second-order valence-electron chi connectivity index (χ2n) is 4.15. The lowest BCUT2D eigenvalue weighted by Gasteiger charge is -2.09. The van der Waals surface area contributed by atoms with Crippen LogP contribution >= 0.6 is 11.6 Å². The summed E-state index contributed by atoms with van der Waals surface area (Å²) in [6.07, 6.45) is 1.71. The zero-order valence-corrected chi connectivity index (χ0v) is 10.7. The Bertz CT molecular complexity index is 726. The van der Waals surface area contributed by atoms with E-state index in [1.165, 1.54) is 12.1 Å². The van der Waals surface area contributed by atoms with Crippen LogP contribution in [0.3, 0.4) is 0 Å². The van der Waals surface area contributed by atoms with Gasteiger partial charge in [-0.05, 0) is 48.5 Å². The number of rotatable bonds is 2. The zero-order chi connectivity index (χ0) is 13.2. The Morgan fingerprint density at radius 2 is 1.79 bits per heavy atom. The SMILES string of the molecule is Fc1ccc(Nc2ccnc3cc(Cl)ccc23)cc1. The molecule has 3 rings (SSSR count). The van der Waals surface area contributed by atoms with Crippen molar-refractivity contribution in [2.75, 3.05) is 5.32 Å². The van der Waals surface area contributed by atoms with E-state index in [0.29, 0.717) is 5.02 Å². The molecule has 0 radical (unpaired) electrons. The summed E-state index contributed by atoms with van der Waals surface area (Å²) >= 11 is 5.95. The minimum absolute atomic E-state index is 0.253. The first kappa shape index (κ1) is 11.9. The van der Waals surface area contributed by atoms with Crippen LogP contribution < -0.4 is 5.32 Å². The van der Waals surface area contributed by atoms with Gasteiger partial charge in [0.1, 0.15) is 5.82 Å². The van der Waals surface area contributed by atoms with Crippen LogP contribution in [0.15, 0.2) is 54.7 Å². The van der Waals surface area contributed by atoms with E-state index in [-0.39, 0.29) is 5.82 Å². The van der Waals surface area contributed by atoms with Gasteiger partial charge in [-0.15, -0.1) is 0 Å². The molecule has 2 nitrogen and oxygen atoms in total. The molecule has 1 heterocycles. The van der Waals surface area contributed by atoms with Gasteiger partial charge in [0.15, 0.2) is 0 Å². The van der Waals surface area contributed by atoms with E-state index in [0.717, 1.165) is 22.3 Å². The standard InChI is InChI=1S/C15H10ClFN2/c16-10-1-6-13-14(7-8-18-15(13)9-10)19-12-4-2-11(17)3-5-12/h1-9H,(H,18,19). The summed E-state index contributed by atoms with van der Waals surface area (Å²) in [5.41, 5.74) is 2.55. The van der Waals surface area contributed by atoms with Crippen molar-refractivity contribution in [2.45, 2.75) is 0 Å². The molecule has 3 aromatic rings. The highest BCUT2D eigenvalue weighted by molar-refractivity contribution is 6.31. The number of benzene rings is 2. The lowest BCUT2D eigenvalue weighted by Crippen LogP contribution is -1.92. The van der Waals surface area contributed by atoms with Gasteiger partial charge in [-0.1, -0.05) is 11.6 Å². The Balaban J connectivity index is 2.03. The molecule has 94 valence electrons. The van der Waals surface area contributed by atoms with Gasteiger partial charge in [0.2, 0.25) is 0 Å². The molecule has 0 amide bonds. The van der Waals surface area contributed by atoms with Gasteiger partial charge in [0.25, 0.3) is 0 Å². The molecular formula is C15H10ClFN2. The maximum atomic E-state index is 12.9. The van der Waals surface area contributed by atoms with Crippen molar-refractivity contribution in [3.05, 3.63) is 65.6 Å². The summed E-state index contributed by atoms with van der Waals surface area (Å²) in [4.78, 5) is 4.27. The van der Waals surface area contributed by atoms with Crippen LogP contribution in [0.1, 0.15) is 0 Å². The molecule has 2 aromatic carbocycles. The molecule has 1 N–H and O–H groups in total. The Hall–Kier alpha value is -2.13. The zero-order valence-electron chi connectivity index (χ0n) is 9.90. The molecule has 0 unspecified atom stereocenters. The highest BCUT2D eigenvalue weighted by Gasteiger charge is 2.03. The molecule has 0 saturated carbocycles. The molecule has 0 atom stereocenters. The molecule has 0 aliphatic carbocycles. The third-order valence-corrected chi connectivity index (χ3v) is 3.06. The van der Waals surface area contributed by atoms with E-state index < -0.39 is 0 Å². The van der Waals surface area contributed by atoms with Crippen molar-refractivity contribution in [2.24, 2.45) is 0 Å². The van der Waals surface area contributed by atoms with Crippen LogP contribution in [-0.4, -0.2) is 4.98 Å². The van der Waals surface area contributed by atoms with Gasteiger partial charge in [-0.25, -0.2) is 4.39 Å². The van der Waals surface area contributed by atoms with Crippen molar-refractivity contribution in [3.63, 3.8) is 0 Å². The third kappa shape index (κ3) is 2.51. The molecule has 0 spiro atoms. The molecule has 1 aromatic heterocycles. The monoisotopic (exact) mass is 272 g/mol. The number of aromatic nitrogens is 1. The van der Waals surface area contributed by atoms with Gasteiger partial charge < -0.3 is 5.32 Å². The number of hydrogen-bond acceptors (Lipinski definition) is 2. The molecule has 0 bridgehead atoms. The lowest BCUT2D eigenvalue weighted by molar-refractivity contribution is 0.628. The van der Waals surface area contributed by atoms with Crippen LogP contribution in [0.5, 0.6) is 0 Å². The predicted molar refractivity (Wildman–Crippen MR) is 76.4 cm³/mol. The Morgan fingerprint density at radius 3 is 2.58 bits per heavy atom. The summed E-state index contributed by atoms with van der Waals surface area (Å²) in [5, 5.41) is 4.86. The molecular weight excluding hydrogens is 263 g/mol. The molecule has 4 heteroatoms. The van der Waals surface area contributed by atoms with Crippen LogP contribution in [0.4, 0.5) is 15.8 Å². The second-order valence-corrected chi connectivity index (χ2v) is 4.59. The maximum absolute atomic E-state index is 12.9. The fraction of sp³-hybridized carbons (Fsp3) is 0. The first-order valence-corrected chi connectivity index (χ1v) is 6.17. The van der Waals surface area contributed by atoms with E-state index in [9.17, 15) is 4.39 Å². The number of hydrogen-bond donors (Lipinski definition) is 1. The lowest BCUT2D eigenvalue weighted by atomic mass is 10.2. The molecule has 19 heavy (non-hydrogen) atoms. The van der Waals surface area contributed by atoms with Crippen molar-refractivity contribution in [3.8, 4) is 0 Å². The van der Waals surface area contributed by atoms with E-state index in [2.05, 4.69) is 10.3 Å². The fourth-order valence-corrected chi connectivity index (χ4v) is 2.09. The van der Waals surface area contributed by atoms with Gasteiger partial charge >= 0.3 is 0 Å². The quantitative estimate of drug-likeness (QED) is 0.727. The van der Waals surface area contributed by atoms with Crippen LogP contribution in [-0.2, 0) is 0 Å². The molecule has 0 fully saturated rings. The number of pyridine rings is 1. The molecule has 0 saturated heterocycles. The number of fused-ring (bicyclic) bond motifs is 1. The van der Waals surface area contributed by atoms with E-state index in [4.69, 9.17) is 11.6 Å². The van der Waals surface area contributed by atoms with Crippen LogP contribution in [0.2, 0.25) is 5.02 Å². The first-order chi connectivity index (χ1) is 9.22. The second kappa shape index (κ2) is 4.86. The van der Waals surface area contributed by atoms with Crippen LogP contribution in [0.25, 0.3) is 10.9 Å². The fourth-order valence-electron chi connectivity index (χ4n) is 1.92. The highest BCUT2D eigenvalue weighted by Crippen LogP contribution is 2.27. The number of halogens is 2. The minimum Gasteiger partial charge on any atom is -0.355 e. The number of nitrogens with zero attached hydrogens (tertiary/aromatic N) is 1. The van der Waals surface area contributed by atoms with Gasteiger partial charge in [-0.3, -0.25) is 4.98 Å². The smallest absolute Gasteiger partial charge is 0.123 e. The van der Waals surface area contributed by atoms with E-state index >= 15 is 0 Å². The van der Waals surface area contributed by atoms with Crippen molar-refractivity contribution >= 4 is 33.9 Å². The summed E-state index contributed by atoms with van der Waals surface area (Å²) in [6, 6.07) is 13.6. The summed E-state index contributed by atoms with van der Waals surface area (Å²) in [6.45, 7) is 0.